The van der Waals surface area contributed by atoms with E-state index < -0.39 is 10.0 Å². The Balaban J connectivity index is 1.82. The van der Waals surface area contributed by atoms with Crippen molar-refractivity contribution in [1.82, 2.24) is 15.4 Å². The minimum atomic E-state index is -3.59. The molecule has 0 spiro atoms. The van der Waals surface area contributed by atoms with Gasteiger partial charge in [-0.1, -0.05) is 42.5 Å². The van der Waals surface area contributed by atoms with Gasteiger partial charge in [0.25, 0.3) is 0 Å². The van der Waals surface area contributed by atoms with Crippen molar-refractivity contribution in [3.05, 3.63) is 65.7 Å². The summed E-state index contributed by atoms with van der Waals surface area (Å²) in [6.07, 6.45) is 0.205. The molecule has 0 saturated carbocycles. The third-order valence-electron chi connectivity index (χ3n) is 3.74. The topological polar surface area (TPSA) is 104 Å². The highest BCUT2D eigenvalue weighted by molar-refractivity contribution is 7.89. The molecule has 0 bridgehead atoms. The van der Waals surface area contributed by atoms with Crippen molar-refractivity contribution in [2.45, 2.75) is 37.8 Å². The molecule has 0 saturated heterocycles. The van der Waals surface area contributed by atoms with E-state index in [0.29, 0.717) is 5.56 Å². The van der Waals surface area contributed by atoms with Gasteiger partial charge in [0.1, 0.15) is 0 Å². The van der Waals surface area contributed by atoms with Crippen LogP contribution in [0.5, 0.6) is 0 Å². The normalized spacial score (nSPS) is 11.2. The van der Waals surface area contributed by atoms with Gasteiger partial charge in [-0.15, -0.1) is 0 Å². The third kappa shape index (κ3) is 7.13. The van der Waals surface area contributed by atoms with Crippen molar-refractivity contribution in [3.63, 3.8) is 0 Å². The molecule has 0 aromatic heterocycles. The highest BCUT2D eigenvalue weighted by atomic mass is 32.2. The van der Waals surface area contributed by atoms with Crippen LogP contribution in [0.25, 0.3) is 0 Å². The van der Waals surface area contributed by atoms with Crippen LogP contribution in [0.2, 0.25) is 0 Å². The minimum absolute atomic E-state index is 0.140. The second kappa shape index (κ2) is 10.0. The lowest BCUT2D eigenvalue weighted by atomic mass is 10.1. The fraction of sp³-hybridized carbons (Fsp3) is 0.300. The lowest BCUT2D eigenvalue weighted by Gasteiger charge is -2.11. The molecule has 0 aliphatic rings. The first-order chi connectivity index (χ1) is 13.3. The largest absolute Gasteiger partial charge is 0.350 e. The molecule has 8 heteroatoms. The average molecular weight is 404 g/mol. The quantitative estimate of drug-likeness (QED) is 0.588. The number of hydrogen-bond acceptors (Lipinski definition) is 4. The summed E-state index contributed by atoms with van der Waals surface area (Å²) in [5, 5.41) is 5.24. The fourth-order valence-electron chi connectivity index (χ4n) is 2.49. The van der Waals surface area contributed by atoms with Crippen LogP contribution in [-0.4, -0.2) is 32.8 Å². The van der Waals surface area contributed by atoms with Crippen LogP contribution in [0.4, 0.5) is 0 Å². The maximum Gasteiger partial charge on any atom is 0.240 e. The van der Waals surface area contributed by atoms with Gasteiger partial charge in [-0.3, -0.25) is 9.59 Å². The second-order valence-corrected chi connectivity index (χ2v) is 8.35. The Bertz CT molecular complexity index is 912. The number of benzene rings is 2. The monoisotopic (exact) mass is 403 g/mol. The summed E-state index contributed by atoms with van der Waals surface area (Å²) >= 11 is 0. The van der Waals surface area contributed by atoms with E-state index >= 15 is 0 Å². The maximum atomic E-state index is 12.2. The Morgan fingerprint density at radius 3 is 2.25 bits per heavy atom. The van der Waals surface area contributed by atoms with Crippen molar-refractivity contribution in [2.75, 3.05) is 6.54 Å². The van der Waals surface area contributed by atoms with Crippen LogP contribution < -0.4 is 15.4 Å². The summed E-state index contributed by atoms with van der Waals surface area (Å²) < 4.78 is 26.9. The zero-order valence-corrected chi connectivity index (χ0v) is 16.8. The minimum Gasteiger partial charge on any atom is -0.350 e. The maximum absolute atomic E-state index is 12.2. The molecule has 2 aromatic rings. The molecule has 2 aromatic carbocycles. The molecule has 3 N–H and O–H groups in total. The second-order valence-electron chi connectivity index (χ2n) is 6.64. The molecule has 0 heterocycles. The molecule has 7 nitrogen and oxygen atoms in total. The van der Waals surface area contributed by atoms with E-state index in [2.05, 4.69) is 15.4 Å². The summed E-state index contributed by atoms with van der Waals surface area (Å²) in [5.41, 5.74) is 1.52. The van der Waals surface area contributed by atoms with Gasteiger partial charge in [-0.25, -0.2) is 13.1 Å². The predicted octanol–water partition coefficient (Wildman–Crippen LogP) is 1.35. The van der Waals surface area contributed by atoms with E-state index in [9.17, 15) is 18.0 Å². The summed E-state index contributed by atoms with van der Waals surface area (Å²) in [7, 11) is -3.59. The van der Waals surface area contributed by atoms with Crippen molar-refractivity contribution < 1.29 is 18.0 Å². The van der Waals surface area contributed by atoms with E-state index in [1.54, 1.807) is 26.0 Å². The van der Waals surface area contributed by atoms with E-state index in [0.717, 1.165) is 5.56 Å². The van der Waals surface area contributed by atoms with Crippen LogP contribution in [-0.2, 0) is 32.6 Å². The molecule has 0 fully saturated rings. The molecule has 0 unspecified atom stereocenters. The molecule has 28 heavy (non-hydrogen) atoms. The Kier molecular flexibility index (Phi) is 7.71. The fourth-order valence-corrected chi connectivity index (χ4v) is 3.81. The van der Waals surface area contributed by atoms with Gasteiger partial charge in [0, 0.05) is 12.6 Å². The summed E-state index contributed by atoms with van der Waals surface area (Å²) in [4.78, 5) is 24.0. The Hall–Kier alpha value is -2.71. The van der Waals surface area contributed by atoms with Gasteiger partial charge in [-0.2, -0.15) is 0 Å². The molecular formula is C20H25N3O4S. The first-order valence-corrected chi connectivity index (χ1v) is 10.4. The van der Waals surface area contributed by atoms with Gasteiger partial charge in [0.05, 0.1) is 17.9 Å². The van der Waals surface area contributed by atoms with E-state index in [-0.39, 0.29) is 42.3 Å². The summed E-state index contributed by atoms with van der Waals surface area (Å²) in [5.74, 6) is -0.593. The predicted molar refractivity (Wildman–Crippen MR) is 107 cm³/mol. The van der Waals surface area contributed by atoms with Crippen LogP contribution in [0.1, 0.15) is 25.0 Å². The molecule has 2 rings (SSSR count). The van der Waals surface area contributed by atoms with E-state index in [1.807, 2.05) is 30.3 Å². The summed E-state index contributed by atoms with van der Waals surface area (Å²) in [6.45, 7) is 3.51. The molecule has 150 valence electrons. The highest BCUT2D eigenvalue weighted by Gasteiger charge is 2.15. The average Bonchev–Trinajstić information content (AvgIpc) is 2.65. The first kappa shape index (κ1) is 21.6. The first-order valence-electron chi connectivity index (χ1n) is 8.95. The Morgan fingerprint density at radius 2 is 1.57 bits per heavy atom. The van der Waals surface area contributed by atoms with Crippen molar-refractivity contribution in [2.24, 2.45) is 0 Å². The Morgan fingerprint density at radius 1 is 0.893 bits per heavy atom. The number of amides is 2. The zero-order chi connectivity index (χ0) is 20.6. The number of carbonyl (C=O) groups is 2. The van der Waals surface area contributed by atoms with E-state index in [4.69, 9.17) is 0 Å². The lowest BCUT2D eigenvalue weighted by molar-refractivity contribution is -0.125. The lowest BCUT2D eigenvalue weighted by Crippen LogP contribution is -2.37. The molecule has 0 radical (unpaired) electrons. The molecule has 0 aliphatic heterocycles. The molecular weight excluding hydrogens is 378 g/mol. The van der Waals surface area contributed by atoms with Crippen molar-refractivity contribution >= 4 is 21.8 Å². The van der Waals surface area contributed by atoms with Crippen LogP contribution in [0, 0.1) is 0 Å². The standard InChI is InChI=1S/C20H25N3O4S/c1-15(2)23-28(26,27)18-10-6-9-17(11-18)13-21-20(25)14-22-19(24)12-16-7-4-3-5-8-16/h3-11,15,23H,12-14H2,1-2H3,(H,21,25)(H,22,24). The highest BCUT2D eigenvalue weighted by Crippen LogP contribution is 2.12. The van der Waals surface area contributed by atoms with Crippen molar-refractivity contribution in [3.8, 4) is 0 Å². The number of nitrogens with one attached hydrogen (secondary N) is 3. The van der Waals surface area contributed by atoms with Gasteiger partial charge in [-0.05, 0) is 37.1 Å². The smallest absolute Gasteiger partial charge is 0.240 e. The number of rotatable bonds is 9. The van der Waals surface area contributed by atoms with Crippen LogP contribution in [0.3, 0.4) is 0 Å². The number of hydrogen-bond donors (Lipinski definition) is 3. The van der Waals surface area contributed by atoms with Gasteiger partial charge in [0.15, 0.2) is 0 Å². The van der Waals surface area contributed by atoms with Crippen LogP contribution in [0.15, 0.2) is 59.5 Å². The summed E-state index contributed by atoms with van der Waals surface area (Å²) in [6, 6.07) is 15.4. The SMILES string of the molecule is CC(C)NS(=O)(=O)c1cccc(CNC(=O)CNC(=O)Cc2ccccc2)c1. The van der Waals surface area contributed by atoms with E-state index in [1.165, 1.54) is 12.1 Å². The Labute approximate surface area is 165 Å². The number of sulfonamides is 1. The van der Waals surface area contributed by atoms with Crippen LogP contribution >= 0.6 is 0 Å². The van der Waals surface area contributed by atoms with Gasteiger partial charge in [0.2, 0.25) is 21.8 Å². The molecule has 0 atom stereocenters. The third-order valence-corrected chi connectivity index (χ3v) is 5.40. The zero-order valence-electron chi connectivity index (χ0n) is 15.9. The van der Waals surface area contributed by atoms with Gasteiger partial charge < -0.3 is 10.6 Å². The molecule has 0 aliphatic carbocycles. The molecule has 2 amide bonds. The van der Waals surface area contributed by atoms with Gasteiger partial charge >= 0.3 is 0 Å². The van der Waals surface area contributed by atoms with Crippen molar-refractivity contribution in [1.29, 1.82) is 0 Å². The number of carbonyl (C=O) groups excluding carboxylic acids is 2.